The van der Waals surface area contributed by atoms with Crippen LogP contribution in [0.2, 0.25) is 0 Å². The van der Waals surface area contributed by atoms with Gasteiger partial charge in [0.05, 0.1) is 26.4 Å². The summed E-state index contributed by atoms with van der Waals surface area (Å²) < 4.78 is 10.9. The summed E-state index contributed by atoms with van der Waals surface area (Å²) in [6, 6.07) is 6.79. The first-order chi connectivity index (χ1) is 12.7. The number of anilines is 3. The molecule has 1 atom stereocenters. The van der Waals surface area contributed by atoms with E-state index in [1.54, 1.807) is 19.4 Å². The normalized spacial score (nSPS) is 21.3. The topological polar surface area (TPSA) is 75.6 Å². The van der Waals surface area contributed by atoms with Crippen molar-refractivity contribution in [2.75, 3.05) is 50.2 Å². The van der Waals surface area contributed by atoms with Gasteiger partial charge in [0.15, 0.2) is 0 Å². The summed E-state index contributed by atoms with van der Waals surface area (Å²) in [6.45, 7) is 6.98. The van der Waals surface area contributed by atoms with Crippen molar-refractivity contribution in [3.8, 4) is 5.88 Å². The summed E-state index contributed by atoms with van der Waals surface area (Å²) >= 11 is 0. The summed E-state index contributed by atoms with van der Waals surface area (Å²) in [5.74, 6) is 2.02. The molecule has 4 rings (SSSR count). The number of methoxy groups -OCH3 is 1. The zero-order valence-corrected chi connectivity index (χ0v) is 15.1. The maximum absolute atomic E-state index is 5.57. The standard InChI is InChI=1S/C18H24N6O2/c1-13-9-23(14-10-26-11-14)7-8-24(13)15-3-4-17(22-18(15)25-2)21-16-5-6-19-12-20-16/h3-6,12-14H,7-11H2,1-2H3,(H,19,20,21,22)/t13-/m0/s1. The van der Waals surface area contributed by atoms with Crippen molar-refractivity contribution in [3.05, 3.63) is 30.7 Å². The van der Waals surface area contributed by atoms with E-state index >= 15 is 0 Å². The highest BCUT2D eigenvalue weighted by atomic mass is 16.5. The van der Waals surface area contributed by atoms with Crippen molar-refractivity contribution in [2.24, 2.45) is 0 Å². The van der Waals surface area contributed by atoms with Gasteiger partial charge >= 0.3 is 0 Å². The fraction of sp³-hybridized carbons (Fsp3) is 0.500. The van der Waals surface area contributed by atoms with Crippen molar-refractivity contribution in [2.45, 2.75) is 19.0 Å². The van der Waals surface area contributed by atoms with Gasteiger partial charge in [0.2, 0.25) is 5.88 Å². The minimum atomic E-state index is 0.390. The van der Waals surface area contributed by atoms with E-state index in [0.29, 0.717) is 29.6 Å². The van der Waals surface area contributed by atoms with E-state index in [9.17, 15) is 0 Å². The third kappa shape index (κ3) is 3.42. The van der Waals surface area contributed by atoms with E-state index in [4.69, 9.17) is 9.47 Å². The Morgan fingerprint density at radius 2 is 2.08 bits per heavy atom. The number of piperazine rings is 1. The first-order valence-corrected chi connectivity index (χ1v) is 8.91. The fourth-order valence-electron chi connectivity index (χ4n) is 3.48. The van der Waals surface area contributed by atoms with Crippen molar-refractivity contribution in [3.63, 3.8) is 0 Å². The van der Waals surface area contributed by atoms with Crippen LogP contribution in [0, 0.1) is 0 Å². The van der Waals surface area contributed by atoms with Gasteiger partial charge in [-0.3, -0.25) is 4.90 Å². The van der Waals surface area contributed by atoms with Gasteiger partial charge < -0.3 is 19.7 Å². The minimum Gasteiger partial charge on any atom is -0.479 e. The molecule has 8 nitrogen and oxygen atoms in total. The van der Waals surface area contributed by atoms with E-state index in [-0.39, 0.29) is 0 Å². The van der Waals surface area contributed by atoms with Gasteiger partial charge in [-0.25, -0.2) is 9.97 Å². The van der Waals surface area contributed by atoms with Gasteiger partial charge in [-0.2, -0.15) is 4.98 Å². The molecule has 0 aromatic carbocycles. The average Bonchev–Trinajstić information content (AvgIpc) is 2.62. The van der Waals surface area contributed by atoms with Crippen LogP contribution in [-0.4, -0.2) is 71.9 Å². The van der Waals surface area contributed by atoms with Gasteiger partial charge in [0.25, 0.3) is 0 Å². The zero-order chi connectivity index (χ0) is 17.9. The zero-order valence-electron chi connectivity index (χ0n) is 15.1. The second-order valence-corrected chi connectivity index (χ2v) is 6.67. The summed E-state index contributed by atoms with van der Waals surface area (Å²) in [5.41, 5.74) is 1.03. The molecule has 2 saturated heterocycles. The third-order valence-corrected chi connectivity index (χ3v) is 4.98. The first-order valence-electron chi connectivity index (χ1n) is 8.91. The second-order valence-electron chi connectivity index (χ2n) is 6.67. The molecule has 26 heavy (non-hydrogen) atoms. The number of nitrogens with one attached hydrogen (secondary N) is 1. The molecule has 2 fully saturated rings. The van der Waals surface area contributed by atoms with Crippen LogP contribution >= 0.6 is 0 Å². The summed E-state index contributed by atoms with van der Waals surface area (Å²) in [6.07, 6.45) is 3.19. The lowest BCUT2D eigenvalue weighted by Crippen LogP contribution is -2.59. The van der Waals surface area contributed by atoms with Crippen LogP contribution in [0.1, 0.15) is 6.92 Å². The summed E-state index contributed by atoms with van der Waals surface area (Å²) in [5, 5.41) is 3.17. The number of rotatable bonds is 5. The fourth-order valence-corrected chi connectivity index (χ4v) is 3.48. The molecule has 0 unspecified atom stereocenters. The van der Waals surface area contributed by atoms with Gasteiger partial charge in [-0.1, -0.05) is 0 Å². The molecular formula is C18H24N6O2. The van der Waals surface area contributed by atoms with Crippen molar-refractivity contribution in [1.29, 1.82) is 0 Å². The molecule has 2 aliphatic rings. The molecule has 2 aromatic rings. The second kappa shape index (κ2) is 7.43. The van der Waals surface area contributed by atoms with E-state index in [1.165, 1.54) is 6.33 Å². The van der Waals surface area contributed by atoms with Crippen molar-refractivity contribution < 1.29 is 9.47 Å². The average molecular weight is 356 g/mol. The van der Waals surface area contributed by atoms with Crippen molar-refractivity contribution in [1.82, 2.24) is 19.9 Å². The molecule has 2 aromatic heterocycles. The number of hydrogen-bond acceptors (Lipinski definition) is 8. The van der Waals surface area contributed by atoms with E-state index in [2.05, 4.69) is 43.1 Å². The Morgan fingerprint density at radius 1 is 1.19 bits per heavy atom. The van der Waals surface area contributed by atoms with Crippen LogP contribution < -0.4 is 15.0 Å². The smallest absolute Gasteiger partial charge is 0.239 e. The molecule has 0 saturated carbocycles. The quantitative estimate of drug-likeness (QED) is 0.865. The first kappa shape index (κ1) is 17.0. The van der Waals surface area contributed by atoms with Gasteiger partial charge in [0, 0.05) is 31.9 Å². The molecule has 0 spiro atoms. The monoisotopic (exact) mass is 356 g/mol. The number of ether oxygens (including phenoxy) is 2. The molecule has 0 aliphatic carbocycles. The molecule has 2 aliphatic heterocycles. The number of pyridine rings is 1. The van der Waals surface area contributed by atoms with Crippen LogP contribution in [0.15, 0.2) is 30.7 Å². The Bertz CT molecular complexity index is 740. The summed E-state index contributed by atoms with van der Waals surface area (Å²) in [7, 11) is 1.66. The molecular weight excluding hydrogens is 332 g/mol. The highest BCUT2D eigenvalue weighted by Gasteiger charge is 2.33. The molecule has 0 amide bonds. The SMILES string of the molecule is COc1nc(Nc2ccncn2)ccc1N1CCN(C2COC2)C[C@@H]1C. The Labute approximate surface area is 153 Å². The van der Waals surface area contributed by atoms with Crippen molar-refractivity contribution >= 4 is 17.3 Å². The lowest BCUT2D eigenvalue weighted by Gasteiger charge is -2.46. The van der Waals surface area contributed by atoms with Crippen LogP contribution in [0.4, 0.5) is 17.3 Å². The summed E-state index contributed by atoms with van der Waals surface area (Å²) in [4.78, 5) is 17.6. The maximum Gasteiger partial charge on any atom is 0.239 e. The van der Waals surface area contributed by atoms with Gasteiger partial charge in [-0.05, 0) is 25.1 Å². The lowest BCUT2D eigenvalue weighted by molar-refractivity contribution is -0.0691. The lowest BCUT2D eigenvalue weighted by atomic mass is 10.1. The minimum absolute atomic E-state index is 0.390. The number of aromatic nitrogens is 3. The highest BCUT2D eigenvalue weighted by Crippen LogP contribution is 2.32. The van der Waals surface area contributed by atoms with Crippen LogP contribution in [0.3, 0.4) is 0 Å². The molecule has 8 heteroatoms. The van der Waals surface area contributed by atoms with Gasteiger partial charge in [-0.15, -0.1) is 0 Å². The predicted octanol–water partition coefficient (Wildman–Crippen LogP) is 1.53. The Morgan fingerprint density at radius 3 is 2.73 bits per heavy atom. The molecule has 4 heterocycles. The van der Waals surface area contributed by atoms with Crippen LogP contribution in [0.25, 0.3) is 0 Å². The maximum atomic E-state index is 5.57. The molecule has 0 bridgehead atoms. The number of nitrogens with zero attached hydrogens (tertiary/aromatic N) is 5. The van der Waals surface area contributed by atoms with E-state index < -0.39 is 0 Å². The number of hydrogen-bond donors (Lipinski definition) is 1. The predicted molar refractivity (Wildman–Crippen MR) is 99.1 cm³/mol. The largest absolute Gasteiger partial charge is 0.479 e. The van der Waals surface area contributed by atoms with Crippen LogP contribution in [-0.2, 0) is 4.74 Å². The molecule has 0 radical (unpaired) electrons. The Kier molecular flexibility index (Phi) is 4.85. The van der Waals surface area contributed by atoms with Crippen LogP contribution in [0.5, 0.6) is 5.88 Å². The molecule has 1 N–H and O–H groups in total. The molecule has 138 valence electrons. The Hall–Kier alpha value is -2.45. The van der Waals surface area contributed by atoms with Gasteiger partial charge in [0.1, 0.15) is 23.7 Å². The van der Waals surface area contributed by atoms with E-state index in [0.717, 1.165) is 38.5 Å². The Balaban J connectivity index is 1.49. The van der Waals surface area contributed by atoms with E-state index in [1.807, 2.05) is 6.07 Å². The highest BCUT2D eigenvalue weighted by molar-refractivity contribution is 5.62. The third-order valence-electron chi connectivity index (χ3n) is 4.98.